The molecule has 1 atom stereocenters. The SMILES string of the molecule is CCOc1ccc(C(=O)COC(=O)c2ccc(N3C(=O)CC(Sc4nncc(-c5ccc6c(c5)OCO6)n4)C3=O)cc2)cc1. The number of ketones is 1. The van der Waals surface area contributed by atoms with Crippen molar-refractivity contribution in [1.82, 2.24) is 15.2 Å². The van der Waals surface area contributed by atoms with Gasteiger partial charge in [-0.3, -0.25) is 14.4 Å². The Morgan fingerprint density at radius 3 is 2.50 bits per heavy atom. The van der Waals surface area contributed by atoms with Crippen molar-refractivity contribution < 1.29 is 38.1 Å². The number of carbonyl (C=O) groups excluding carboxylic acids is 4. The number of Topliss-reactive ketones (excluding diaryl/α,β-unsaturated/α-hetero) is 1. The Morgan fingerprint density at radius 2 is 1.73 bits per heavy atom. The molecule has 0 aliphatic carbocycles. The maximum absolute atomic E-state index is 13.2. The first kappa shape index (κ1) is 28.8. The number of hydrogen-bond donors (Lipinski definition) is 0. The molecule has 13 heteroatoms. The van der Waals surface area contributed by atoms with Crippen LogP contribution in [0.3, 0.4) is 0 Å². The van der Waals surface area contributed by atoms with Gasteiger partial charge in [0.15, 0.2) is 23.9 Å². The van der Waals surface area contributed by atoms with E-state index in [1.165, 1.54) is 30.5 Å². The van der Waals surface area contributed by atoms with E-state index < -0.39 is 29.6 Å². The van der Waals surface area contributed by atoms with Gasteiger partial charge in [0.1, 0.15) is 11.0 Å². The van der Waals surface area contributed by atoms with Crippen LogP contribution >= 0.6 is 11.8 Å². The van der Waals surface area contributed by atoms with Gasteiger partial charge in [0.25, 0.3) is 0 Å². The number of hydrogen-bond acceptors (Lipinski definition) is 12. The highest BCUT2D eigenvalue weighted by molar-refractivity contribution is 8.00. The number of rotatable bonds is 10. The molecule has 222 valence electrons. The summed E-state index contributed by atoms with van der Waals surface area (Å²) in [6.07, 6.45) is 1.44. The van der Waals surface area contributed by atoms with E-state index in [9.17, 15) is 19.2 Å². The van der Waals surface area contributed by atoms with Crippen molar-refractivity contribution in [2.75, 3.05) is 24.9 Å². The third-order valence-corrected chi connectivity index (χ3v) is 7.78. The van der Waals surface area contributed by atoms with Crippen LogP contribution in [0, 0.1) is 0 Å². The first-order chi connectivity index (χ1) is 21.4. The Bertz CT molecular complexity index is 1750. The molecule has 4 aromatic rings. The molecule has 0 N–H and O–H groups in total. The quantitative estimate of drug-likeness (QED) is 0.144. The number of amides is 2. The van der Waals surface area contributed by atoms with E-state index in [-0.39, 0.29) is 29.7 Å². The van der Waals surface area contributed by atoms with E-state index >= 15 is 0 Å². The molecule has 2 aliphatic rings. The van der Waals surface area contributed by atoms with E-state index in [2.05, 4.69) is 15.2 Å². The van der Waals surface area contributed by atoms with Gasteiger partial charge in [0.05, 0.1) is 29.7 Å². The Hall–Kier alpha value is -5.30. The van der Waals surface area contributed by atoms with Gasteiger partial charge in [0.2, 0.25) is 23.8 Å². The third kappa shape index (κ3) is 6.08. The van der Waals surface area contributed by atoms with Crippen LogP contribution in [0.2, 0.25) is 0 Å². The van der Waals surface area contributed by atoms with Crippen molar-refractivity contribution in [1.29, 1.82) is 0 Å². The van der Waals surface area contributed by atoms with Crippen LogP contribution in [-0.4, -0.2) is 64.0 Å². The van der Waals surface area contributed by atoms with Gasteiger partial charge in [-0.05, 0) is 73.7 Å². The molecule has 2 amide bonds. The number of imide groups is 1. The number of ether oxygens (including phenoxy) is 4. The largest absolute Gasteiger partial charge is 0.494 e. The standard InChI is InChI=1S/C31H24N4O8S/c1-2-40-22-10-5-18(6-11-22)24(36)16-41-30(39)19-3-8-21(9-4-19)35-28(37)14-27(29(35)38)44-31-33-23(15-32-34-31)20-7-12-25-26(13-20)43-17-42-25/h3-13,15,27H,2,14,16-17H2,1H3. The highest BCUT2D eigenvalue weighted by atomic mass is 32.2. The second kappa shape index (κ2) is 12.5. The fourth-order valence-corrected chi connectivity index (χ4v) is 5.51. The van der Waals surface area contributed by atoms with Gasteiger partial charge < -0.3 is 18.9 Å². The number of fused-ring (bicyclic) bond motifs is 1. The van der Waals surface area contributed by atoms with Gasteiger partial charge in [-0.1, -0.05) is 11.8 Å². The number of carbonyl (C=O) groups is 4. The second-order valence-corrected chi connectivity index (χ2v) is 10.7. The van der Waals surface area contributed by atoms with Crippen molar-refractivity contribution in [3.05, 3.63) is 84.1 Å². The van der Waals surface area contributed by atoms with Crippen LogP contribution in [-0.2, 0) is 14.3 Å². The first-order valence-corrected chi connectivity index (χ1v) is 14.4. The smallest absolute Gasteiger partial charge is 0.338 e. The van der Waals surface area contributed by atoms with Gasteiger partial charge in [-0.15, -0.1) is 5.10 Å². The van der Waals surface area contributed by atoms with Crippen molar-refractivity contribution in [3.63, 3.8) is 0 Å². The van der Waals surface area contributed by atoms with E-state index in [1.54, 1.807) is 36.4 Å². The molecule has 1 unspecified atom stereocenters. The summed E-state index contributed by atoms with van der Waals surface area (Å²) in [5.41, 5.74) is 2.12. The normalized spacial score (nSPS) is 15.4. The molecule has 1 fully saturated rings. The number of anilines is 1. The lowest BCUT2D eigenvalue weighted by Gasteiger charge is -2.15. The summed E-state index contributed by atoms with van der Waals surface area (Å²) in [6, 6.07) is 17.7. The Kier molecular flexibility index (Phi) is 8.19. The highest BCUT2D eigenvalue weighted by Crippen LogP contribution is 2.36. The zero-order valence-corrected chi connectivity index (χ0v) is 24.1. The summed E-state index contributed by atoms with van der Waals surface area (Å²) in [4.78, 5) is 56.6. The van der Waals surface area contributed by atoms with Crippen LogP contribution < -0.4 is 19.1 Å². The molecule has 0 spiro atoms. The molecule has 3 heterocycles. The highest BCUT2D eigenvalue weighted by Gasteiger charge is 2.41. The molecule has 0 bridgehead atoms. The van der Waals surface area contributed by atoms with Gasteiger partial charge in [-0.2, -0.15) is 5.10 Å². The second-order valence-electron chi connectivity index (χ2n) is 9.57. The Morgan fingerprint density at radius 1 is 0.977 bits per heavy atom. The molecular weight excluding hydrogens is 588 g/mol. The molecule has 0 radical (unpaired) electrons. The predicted molar refractivity (Wildman–Crippen MR) is 157 cm³/mol. The minimum Gasteiger partial charge on any atom is -0.494 e. The number of benzene rings is 3. The van der Waals surface area contributed by atoms with Gasteiger partial charge in [0, 0.05) is 17.5 Å². The topological polar surface area (TPSA) is 147 Å². The lowest BCUT2D eigenvalue weighted by atomic mass is 10.1. The maximum atomic E-state index is 13.2. The minimum absolute atomic E-state index is 0.0570. The number of esters is 1. The van der Waals surface area contributed by atoms with E-state index in [1.807, 2.05) is 13.0 Å². The number of aromatic nitrogens is 3. The molecule has 12 nitrogen and oxygen atoms in total. The Balaban J connectivity index is 1.07. The molecule has 6 rings (SSSR count). The van der Waals surface area contributed by atoms with Crippen LogP contribution in [0.25, 0.3) is 11.3 Å². The van der Waals surface area contributed by atoms with Crippen molar-refractivity contribution in [2.24, 2.45) is 0 Å². The molecule has 1 aromatic heterocycles. The summed E-state index contributed by atoms with van der Waals surface area (Å²) < 4.78 is 21.3. The Labute approximate surface area is 255 Å². The lowest BCUT2D eigenvalue weighted by Crippen LogP contribution is -2.31. The number of thioether (sulfide) groups is 1. The average molecular weight is 613 g/mol. The summed E-state index contributed by atoms with van der Waals surface area (Å²) in [7, 11) is 0. The molecule has 3 aromatic carbocycles. The first-order valence-electron chi connectivity index (χ1n) is 13.6. The fourth-order valence-electron chi connectivity index (χ4n) is 4.57. The fraction of sp³-hybridized carbons (Fsp3) is 0.194. The van der Waals surface area contributed by atoms with Crippen LogP contribution in [0.4, 0.5) is 5.69 Å². The summed E-state index contributed by atoms with van der Waals surface area (Å²) in [5.74, 6) is -0.0409. The molecule has 2 aliphatic heterocycles. The van der Waals surface area contributed by atoms with Crippen LogP contribution in [0.1, 0.15) is 34.1 Å². The predicted octanol–water partition coefficient (Wildman–Crippen LogP) is 4.13. The summed E-state index contributed by atoms with van der Waals surface area (Å²) >= 11 is 1.05. The minimum atomic E-state index is -0.755. The van der Waals surface area contributed by atoms with Crippen molar-refractivity contribution in [3.8, 4) is 28.5 Å². The van der Waals surface area contributed by atoms with Crippen molar-refractivity contribution >= 4 is 41.0 Å². The van der Waals surface area contributed by atoms with Crippen LogP contribution in [0.5, 0.6) is 17.2 Å². The third-order valence-electron chi connectivity index (χ3n) is 6.74. The van der Waals surface area contributed by atoms with Crippen LogP contribution in [0.15, 0.2) is 78.1 Å². The lowest BCUT2D eigenvalue weighted by molar-refractivity contribution is -0.121. The van der Waals surface area contributed by atoms with E-state index in [0.717, 1.165) is 22.2 Å². The monoisotopic (exact) mass is 612 g/mol. The number of nitrogens with zero attached hydrogens (tertiary/aromatic N) is 4. The molecule has 0 saturated carbocycles. The molecular formula is C31H24N4O8S. The van der Waals surface area contributed by atoms with Gasteiger partial charge >= 0.3 is 5.97 Å². The van der Waals surface area contributed by atoms with E-state index in [0.29, 0.717) is 40.8 Å². The van der Waals surface area contributed by atoms with E-state index in [4.69, 9.17) is 18.9 Å². The zero-order chi connectivity index (χ0) is 30.6. The van der Waals surface area contributed by atoms with Crippen molar-refractivity contribution in [2.45, 2.75) is 23.8 Å². The van der Waals surface area contributed by atoms with Gasteiger partial charge in [-0.25, -0.2) is 14.7 Å². The molecule has 1 saturated heterocycles. The molecule has 44 heavy (non-hydrogen) atoms. The summed E-state index contributed by atoms with van der Waals surface area (Å²) in [6.45, 7) is 2.08. The maximum Gasteiger partial charge on any atom is 0.338 e. The summed E-state index contributed by atoms with van der Waals surface area (Å²) in [5, 5.41) is 7.53. The average Bonchev–Trinajstić information content (AvgIpc) is 3.63. The zero-order valence-electron chi connectivity index (χ0n) is 23.3.